The molecule has 0 aliphatic rings. The molecular weight excluding hydrogens is 280 g/mol. The molecule has 0 atom stereocenters. The topological polar surface area (TPSA) is 78.4 Å². The maximum absolute atomic E-state index is 11.8. The van der Waals surface area contributed by atoms with E-state index in [2.05, 4.69) is 10.6 Å². The van der Waals surface area contributed by atoms with Crippen LogP contribution < -0.4 is 10.6 Å². The number of nitrogens with one attached hydrogen (secondary N) is 2. The summed E-state index contributed by atoms with van der Waals surface area (Å²) in [5.74, 6) is -1.02. The van der Waals surface area contributed by atoms with Crippen LogP contribution >= 0.6 is 0 Å². The third kappa shape index (κ3) is 4.63. The van der Waals surface area contributed by atoms with E-state index in [1.165, 1.54) is 17.7 Å². The van der Waals surface area contributed by atoms with Crippen molar-refractivity contribution in [2.45, 2.75) is 13.3 Å². The van der Waals surface area contributed by atoms with Crippen LogP contribution in [0.3, 0.4) is 0 Å². The second-order valence-corrected chi connectivity index (χ2v) is 5.00. The van der Waals surface area contributed by atoms with E-state index in [9.17, 15) is 9.59 Å². The summed E-state index contributed by atoms with van der Waals surface area (Å²) in [6.07, 6.45) is 0.739. The highest BCUT2D eigenvalue weighted by atomic mass is 16.4. The molecule has 0 spiro atoms. The quantitative estimate of drug-likeness (QED) is 0.794. The van der Waals surface area contributed by atoms with Gasteiger partial charge in [-0.05, 0) is 37.1 Å². The van der Waals surface area contributed by atoms with Crippen LogP contribution in [-0.4, -0.2) is 23.7 Å². The Hall–Kier alpha value is -2.82. The Labute approximate surface area is 129 Å². The van der Waals surface area contributed by atoms with Crippen LogP contribution in [0.4, 0.5) is 10.5 Å². The van der Waals surface area contributed by atoms with Crippen molar-refractivity contribution in [1.82, 2.24) is 5.32 Å². The van der Waals surface area contributed by atoms with Crippen molar-refractivity contribution in [3.63, 3.8) is 0 Å². The number of carboxylic acid groups (broad SMARTS) is 1. The summed E-state index contributed by atoms with van der Waals surface area (Å²) in [7, 11) is 0. The Kier molecular flexibility index (Phi) is 5.14. The Balaban J connectivity index is 1.81. The predicted molar refractivity (Wildman–Crippen MR) is 85.3 cm³/mol. The zero-order valence-electron chi connectivity index (χ0n) is 12.3. The van der Waals surface area contributed by atoms with Gasteiger partial charge in [-0.25, -0.2) is 9.59 Å². The van der Waals surface area contributed by atoms with Gasteiger partial charge in [-0.2, -0.15) is 0 Å². The van der Waals surface area contributed by atoms with Gasteiger partial charge < -0.3 is 15.7 Å². The molecule has 0 aromatic heterocycles. The van der Waals surface area contributed by atoms with Crippen LogP contribution in [0.15, 0.2) is 48.5 Å². The minimum Gasteiger partial charge on any atom is -0.478 e. The number of aromatic carboxylic acids is 1. The van der Waals surface area contributed by atoms with E-state index < -0.39 is 5.97 Å². The number of anilines is 1. The van der Waals surface area contributed by atoms with Crippen LogP contribution in [0.25, 0.3) is 0 Å². The number of amides is 2. The molecule has 2 aromatic rings. The van der Waals surface area contributed by atoms with Crippen molar-refractivity contribution in [3.8, 4) is 0 Å². The molecule has 0 bridgehead atoms. The fourth-order valence-electron chi connectivity index (χ4n) is 1.98. The van der Waals surface area contributed by atoms with Gasteiger partial charge in [0.25, 0.3) is 0 Å². The molecule has 5 heteroatoms. The lowest BCUT2D eigenvalue weighted by Crippen LogP contribution is -2.30. The summed E-state index contributed by atoms with van der Waals surface area (Å²) in [5.41, 5.74) is 2.94. The van der Waals surface area contributed by atoms with E-state index >= 15 is 0 Å². The lowest BCUT2D eigenvalue weighted by molar-refractivity contribution is 0.0697. The minimum absolute atomic E-state index is 0.137. The molecule has 0 fully saturated rings. The Morgan fingerprint density at radius 2 is 1.82 bits per heavy atom. The Morgan fingerprint density at radius 1 is 1.09 bits per heavy atom. The van der Waals surface area contributed by atoms with Crippen molar-refractivity contribution in [3.05, 3.63) is 65.2 Å². The molecule has 2 amide bonds. The minimum atomic E-state index is -1.02. The number of carboxylic acids is 1. The van der Waals surface area contributed by atoms with Gasteiger partial charge in [0.05, 0.1) is 5.56 Å². The van der Waals surface area contributed by atoms with Crippen LogP contribution in [0, 0.1) is 6.92 Å². The Morgan fingerprint density at radius 3 is 2.50 bits per heavy atom. The van der Waals surface area contributed by atoms with Crippen LogP contribution in [0.2, 0.25) is 0 Å². The van der Waals surface area contributed by atoms with E-state index in [-0.39, 0.29) is 11.6 Å². The van der Waals surface area contributed by atoms with Crippen molar-refractivity contribution in [2.75, 3.05) is 11.9 Å². The van der Waals surface area contributed by atoms with Crippen LogP contribution in [-0.2, 0) is 6.42 Å². The standard InChI is InChI=1S/C17H18N2O3/c1-12-5-7-13(8-6-12)9-10-18-17(22)19-15-4-2-3-14(11-15)16(20)21/h2-8,11H,9-10H2,1H3,(H,20,21)(H2,18,19,22). The fourth-order valence-corrected chi connectivity index (χ4v) is 1.98. The first-order valence-electron chi connectivity index (χ1n) is 6.98. The third-order valence-corrected chi connectivity index (χ3v) is 3.19. The molecule has 0 aliphatic carbocycles. The van der Waals surface area contributed by atoms with E-state index in [1.807, 2.05) is 31.2 Å². The van der Waals surface area contributed by atoms with Gasteiger partial charge in [-0.3, -0.25) is 0 Å². The fraction of sp³-hybridized carbons (Fsp3) is 0.176. The second kappa shape index (κ2) is 7.26. The lowest BCUT2D eigenvalue weighted by Gasteiger charge is -2.08. The lowest BCUT2D eigenvalue weighted by atomic mass is 10.1. The van der Waals surface area contributed by atoms with Gasteiger partial charge in [0.1, 0.15) is 0 Å². The molecule has 0 unspecified atom stereocenters. The number of rotatable bonds is 5. The van der Waals surface area contributed by atoms with Crippen LogP contribution in [0.5, 0.6) is 0 Å². The van der Waals surface area contributed by atoms with E-state index in [1.54, 1.807) is 12.1 Å². The largest absolute Gasteiger partial charge is 0.478 e. The van der Waals surface area contributed by atoms with Crippen molar-refractivity contribution >= 4 is 17.7 Å². The van der Waals surface area contributed by atoms with Gasteiger partial charge >= 0.3 is 12.0 Å². The first kappa shape index (κ1) is 15.6. The van der Waals surface area contributed by atoms with Gasteiger partial charge in [-0.1, -0.05) is 35.9 Å². The zero-order valence-corrected chi connectivity index (χ0v) is 12.3. The molecule has 5 nitrogen and oxygen atoms in total. The molecule has 0 saturated heterocycles. The number of hydrogen-bond acceptors (Lipinski definition) is 2. The maximum Gasteiger partial charge on any atom is 0.335 e. The molecule has 0 heterocycles. The molecular formula is C17H18N2O3. The van der Waals surface area contributed by atoms with Crippen molar-refractivity contribution in [2.24, 2.45) is 0 Å². The maximum atomic E-state index is 11.8. The van der Waals surface area contributed by atoms with E-state index in [4.69, 9.17) is 5.11 Å². The molecule has 0 aliphatic heterocycles. The average Bonchev–Trinajstić information content (AvgIpc) is 2.49. The SMILES string of the molecule is Cc1ccc(CCNC(=O)Nc2cccc(C(=O)O)c2)cc1. The number of benzene rings is 2. The molecule has 22 heavy (non-hydrogen) atoms. The number of carbonyl (C=O) groups is 2. The highest BCUT2D eigenvalue weighted by Crippen LogP contribution is 2.10. The Bertz CT molecular complexity index is 666. The molecule has 0 saturated carbocycles. The van der Waals surface area contributed by atoms with Gasteiger partial charge in [0, 0.05) is 12.2 Å². The summed E-state index contributed by atoms with van der Waals surface area (Å²) in [6.45, 7) is 2.54. The summed E-state index contributed by atoms with van der Waals surface area (Å²) in [4.78, 5) is 22.6. The zero-order chi connectivity index (χ0) is 15.9. The van der Waals surface area contributed by atoms with Crippen molar-refractivity contribution in [1.29, 1.82) is 0 Å². The summed E-state index contributed by atoms with van der Waals surface area (Å²) in [6, 6.07) is 13.9. The smallest absolute Gasteiger partial charge is 0.335 e. The van der Waals surface area contributed by atoms with E-state index in [0.717, 1.165) is 12.0 Å². The van der Waals surface area contributed by atoms with Gasteiger partial charge in [0.2, 0.25) is 0 Å². The number of hydrogen-bond donors (Lipinski definition) is 3. The highest BCUT2D eigenvalue weighted by molar-refractivity contribution is 5.93. The first-order valence-corrected chi connectivity index (χ1v) is 6.98. The van der Waals surface area contributed by atoms with Crippen LogP contribution in [0.1, 0.15) is 21.5 Å². The van der Waals surface area contributed by atoms with Gasteiger partial charge in [0.15, 0.2) is 0 Å². The molecule has 3 N–H and O–H groups in total. The number of aryl methyl sites for hydroxylation is 1. The summed E-state index contributed by atoms with van der Waals surface area (Å²) < 4.78 is 0. The molecule has 2 rings (SSSR count). The molecule has 0 radical (unpaired) electrons. The average molecular weight is 298 g/mol. The highest BCUT2D eigenvalue weighted by Gasteiger charge is 2.05. The third-order valence-electron chi connectivity index (χ3n) is 3.19. The normalized spacial score (nSPS) is 10.0. The van der Waals surface area contributed by atoms with E-state index in [0.29, 0.717) is 12.2 Å². The number of carbonyl (C=O) groups excluding carboxylic acids is 1. The molecule has 114 valence electrons. The summed E-state index contributed by atoms with van der Waals surface area (Å²) >= 11 is 0. The summed E-state index contributed by atoms with van der Waals surface area (Å²) in [5, 5.41) is 14.3. The monoisotopic (exact) mass is 298 g/mol. The van der Waals surface area contributed by atoms with Crippen molar-refractivity contribution < 1.29 is 14.7 Å². The number of urea groups is 1. The molecule has 2 aromatic carbocycles. The predicted octanol–water partition coefficient (Wildman–Crippen LogP) is 3.06. The second-order valence-electron chi connectivity index (χ2n) is 5.00. The first-order chi connectivity index (χ1) is 10.5. The van der Waals surface area contributed by atoms with Gasteiger partial charge in [-0.15, -0.1) is 0 Å².